The van der Waals surface area contributed by atoms with Gasteiger partial charge in [-0.05, 0) is 17.9 Å². The molecule has 19 heavy (non-hydrogen) atoms. The van der Waals surface area contributed by atoms with E-state index in [1.54, 1.807) is 11.8 Å². The van der Waals surface area contributed by atoms with E-state index in [0.717, 1.165) is 16.3 Å². The molecule has 1 fully saturated rings. The lowest BCUT2D eigenvalue weighted by atomic mass is 10.3. The van der Waals surface area contributed by atoms with Crippen LogP contribution in [0, 0.1) is 0 Å². The van der Waals surface area contributed by atoms with Crippen LogP contribution in [0.5, 0.6) is 0 Å². The first kappa shape index (κ1) is 14.4. The van der Waals surface area contributed by atoms with Gasteiger partial charge >= 0.3 is 0 Å². The van der Waals surface area contributed by atoms with E-state index in [1.807, 2.05) is 31.2 Å². The highest BCUT2D eigenvalue weighted by Gasteiger charge is 2.37. The van der Waals surface area contributed by atoms with E-state index >= 15 is 0 Å². The Morgan fingerprint density at radius 2 is 2.11 bits per heavy atom. The number of hydrogen-bond acceptors (Lipinski definition) is 4. The van der Waals surface area contributed by atoms with E-state index in [-0.39, 0.29) is 18.9 Å². The van der Waals surface area contributed by atoms with Gasteiger partial charge in [0.15, 0.2) is 0 Å². The number of carbonyl (C=O) groups excluding carboxylic acids is 1. The molecule has 0 spiro atoms. The lowest BCUT2D eigenvalue weighted by Gasteiger charge is -2.19. The van der Waals surface area contributed by atoms with E-state index in [4.69, 9.17) is 5.14 Å². The van der Waals surface area contributed by atoms with E-state index in [1.165, 1.54) is 4.90 Å². The molecule has 1 atom stereocenters. The highest BCUT2D eigenvalue weighted by molar-refractivity contribution is 7.99. The van der Waals surface area contributed by atoms with Crippen molar-refractivity contribution in [2.75, 3.05) is 17.2 Å². The van der Waals surface area contributed by atoms with Crippen LogP contribution in [-0.2, 0) is 14.8 Å². The first-order valence-corrected chi connectivity index (χ1v) is 8.56. The molecule has 2 rings (SSSR count). The van der Waals surface area contributed by atoms with Crippen molar-refractivity contribution in [3.05, 3.63) is 24.3 Å². The minimum absolute atomic E-state index is 0.0377. The van der Waals surface area contributed by atoms with E-state index < -0.39 is 15.3 Å². The molecule has 0 radical (unpaired) electrons. The molecule has 7 heteroatoms. The second-order valence-electron chi connectivity index (χ2n) is 4.32. The molecule has 1 unspecified atom stereocenters. The van der Waals surface area contributed by atoms with Crippen LogP contribution >= 0.6 is 11.8 Å². The van der Waals surface area contributed by atoms with Gasteiger partial charge < -0.3 is 4.90 Å². The predicted molar refractivity (Wildman–Crippen MR) is 76.7 cm³/mol. The summed E-state index contributed by atoms with van der Waals surface area (Å²) in [6.07, 6.45) is -0.0377. The fraction of sp³-hybridized carbons (Fsp3) is 0.417. The monoisotopic (exact) mass is 300 g/mol. The van der Waals surface area contributed by atoms with Gasteiger partial charge in [0, 0.05) is 17.9 Å². The lowest BCUT2D eigenvalue weighted by molar-refractivity contribution is -0.117. The van der Waals surface area contributed by atoms with Crippen molar-refractivity contribution < 1.29 is 13.2 Å². The van der Waals surface area contributed by atoms with Gasteiger partial charge in [0.05, 0.1) is 5.69 Å². The Labute approximate surface area is 117 Å². The summed E-state index contributed by atoms with van der Waals surface area (Å²) in [5.41, 5.74) is 0.769. The average molecular weight is 300 g/mol. The normalized spacial score (nSPS) is 20.0. The number of nitrogens with two attached hydrogens (primary N) is 1. The molecule has 104 valence electrons. The Morgan fingerprint density at radius 3 is 2.68 bits per heavy atom. The number of thioether (sulfide) groups is 1. The summed E-state index contributed by atoms with van der Waals surface area (Å²) >= 11 is 1.62. The molecule has 0 saturated carbocycles. The minimum Gasteiger partial charge on any atom is -0.310 e. The quantitative estimate of drug-likeness (QED) is 0.847. The first-order chi connectivity index (χ1) is 8.93. The standard InChI is InChI=1S/C12H16N2O3S2/c1-2-18-11-6-4-3-5-10(11)14-8-9(7-12(14)15)19(13,16)17/h3-6,9H,2,7-8H2,1H3,(H2,13,16,17). The maximum atomic E-state index is 12.0. The number of amides is 1. The maximum Gasteiger partial charge on any atom is 0.228 e. The summed E-state index contributed by atoms with van der Waals surface area (Å²) in [5.74, 6) is 0.695. The van der Waals surface area contributed by atoms with Gasteiger partial charge in [-0.25, -0.2) is 13.6 Å². The molecule has 0 aromatic heterocycles. The molecular weight excluding hydrogens is 284 g/mol. The number of benzene rings is 1. The third-order valence-corrected chi connectivity index (χ3v) is 5.20. The summed E-state index contributed by atoms with van der Waals surface area (Å²) in [6, 6.07) is 7.51. The SMILES string of the molecule is CCSc1ccccc1N1CC(S(N)(=O)=O)CC1=O. The smallest absolute Gasteiger partial charge is 0.228 e. The maximum absolute atomic E-state index is 12.0. The Bertz CT molecular complexity index is 586. The van der Waals surface area contributed by atoms with Gasteiger partial charge in [0.2, 0.25) is 15.9 Å². The average Bonchev–Trinajstić information content (AvgIpc) is 2.72. The molecule has 1 aromatic carbocycles. The highest BCUT2D eigenvalue weighted by atomic mass is 32.2. The van der Waals surface area contributed by atoms with Gasteiger partial charge in [-0.2, -0.15) is 0 Å². The van der Waals surface area contributed by atoms with Gasteiger partial charge in [-0.3, -0.25) is 4.79 Å². The van der Waals surface area contributed by atoms with Gasteiger partial charge in [-0.15, -0.1) is 11.8 Å². The van der Waals surface area contributed by atoms with E-state index in [9.17, 15) is 13.2 Å². The Morgan fingerprint density at radius 1 is 1.42 bits per heavy atom. The van der Waals surface area contributed by atoms with Crippen molar-refractivity contribution in [1.29, 1.82) is 0 Å². The van der Waals surface area contributed by atoms with Crippen LogP contribution in [0.15, 0.2) is 29.2 Å². The van der Waals surface area contributed by atoms with Crippen molar-refractivity contribution in [3.8, 4) is 0 Å². The second-order valence-corrected chi connectivity index (χ2v) is 7.47. The van der Waals surface area contributed by atoms with Crippen LogP contribution < -0.4 is 10.0 Å². The molecular formula is C12H16N2O3S2. The third-order valence-electron chi connectivity index (χ3n) is 3.01. The number of nitrogens with zero attached hydrogens (tertiary/aromatic N) is 1. The van der Waals surface area contributed by atoms with Crippen molar-refractivity contribution in [1.82, 2.24) is 0 Å². The Kier molecular flexibility index (Phi) is 4.17. The van der Waals surface area contributed by atoms with Crippen LogP contribution in [-0.4, -0.2) is 31.9 Å². The minimum atomic E-state index is -3.67. The lowest BCUT2D eigenvalue weighted by Crippen LogP contribution is -2.32. The van der Waals surface area contributed by atoms with Crippen molar-refractivity contribution in [2.45, 2.75) is 23.5 Å². The molecule has 1 amide bonds. The Hall–Kier alpha value is -1.05. The molecule has 1 aliphatic rings. The zero-order valence-corrected chi connectivity index (χ0v) is 12.2. The highest BCUT2D eigenvalue weighted by Crippen LogP contribution is 2.33. The number of anilines is 1. The summed E-state index contributed by atoms with van der Waals surface area (Å²) in [4.78, 5) is 14.5. The third kappa shape index (κ3) is 3.10. The van der Waals surface area contributed by atoms with Gasteiger partial charge in [0.1, 0.15) is 5.25 Å². The van der Waals surface area contributed by atoms with Crippen molar-refractivity contribution in [3.63, 3.8) is 0 Å². The number of sulfonamides is 1. The van der Waals surface area contributed by atoms with Crippen LogP contribution in [0.2, 0.25) is 0 Å². The number of primary sulfonamides is 1. The predicted octanol–water partition coefficient (Wildman–Crippen LogP) is 1.19. The largest absolute Gasteiger partial charge is 0.310 e. The van der Waals surface area contributed by atoms with Crippen LogP contribution in [0.1, 0.15) is 13.3 Å². The summed E-state index contributed by atoms with van der Waals surface area (Å²) in [6.45, 7) is 2.17. The van der Waals surface area contributed by atoms with Crippen molar-refractivity contribution >= 4 is 33.4 Å². The van der Waals surface area contributed by atoms with Gasteiger partial charge in [-0.1, -0.05) is 19.1 Å². The van der Waals surface area contributed by atoms with Gasteiger partial charge in [0.25, 0.3) is 0 Å². The van der Waals surface area contributed by atoms with Crippen LogP contribution in [0.4, 0.5) is 5.69 Å². The molecule has 1 aromatic rings. The first-order valence-electron chi connectivity index (χ1n) is 5.97. The number of hydrogen-bond donors (Lipinski definition) is 1. The fourth-order valence-corrected chi connectivity index (χ4v) is 3.63. The summed E-state index contributed by atoms with van der Waals surface area (Å²) in [5, 5.41) is 4.32. The molecule has 1 aliphatic heterocycles. The fourth-order valence-electron chi connectivity index (χ4n) is 2.09. The molecule has 2 N–H and O–H groups in total. The van der Waals surface area contributed by atoms with E-state index in [0.29, 0.717) is 0 Å². The summed E-state index contributed by atoms with van der Waals surface area (Å²) in [7, 11) is -3.67. The van der Waals surface area contributed by atoms with Crippen molar-refractivity contribution in [2.24, 2.45) is 5.14 Å². The van der Waals surface area contributed by atoms with E-state index in [2.05, 4.69) is 0 Å². The molecule has 5 nitrogen and oxygen atoms in total. The Balaban J connectivity index is 2.31. The topological polar surface area (TPSA) is 80.5 Å². The summed E-state index contributed by atoms with van der Waals surface area (Å²) < 4.78 is 22.7. The second kappa shape index (κ2) is 5.52. The van der Waals surface area contributed by atoms with Crippen LogP contribution in [0.25, 0.3) is 0 Å². The number of rotatable bonds is 4. The molecule has 1 saturated heterocycles. The zero-order chi connectivity index (χ0) is 14.0. The molecule has 1 heterocycles. The molecule has 0 aliphatic carbocycles. The number of para-hydroxylation sites is 1. The molecule has 0 bridgehead atoms. The van der Waals surface area contributed by atoms with Crippen LogP contribution in [0.3, 0.4) is 0 Å². The number of carbonyl (C=O) groups is 1. The zero-order valence-electron chi connectivity index (χ0n) is 10.6.